The first-order chi connectivity index (χ1) is 8.61. The van der Waals surface area contributed by atoms with Gasteiger partial charge in [0.05, 0.1) is 29.2 Å². The summed E-state index contributed by atoms with van der Waals surface area (Å²) in [5, 5.41) is 15.0. The van der Waals surface area contributed by atoms with Gasteiger partial charge in [0.25, 0.3) is 0 Å². The lowest BCUT2D eigenvalue weighted by molar-refractivity contribution is -0.119. The molecular formula is C11H18N2O3S2. The number of aliphatic hydroxyl groups excluding tert-OH is 1. The standard InChI is InChI=1S/C11H18N2O3S2/c1-8-13-9(6-18-8)5-17-7-11(15)12-3-10(14)4-16-2/h6,10,14H,3-5,7H2,1-2H3,(H,12,15). The molecule has 0 aliphatic heterocycles. The zero-order chi connectivity index (χ0) is 13.4. The number of thioether (sulfide) groups is 1. The van der Waals surface area contributed by atoms with E-state index in [-0.39, 0.29) is 19.1 Å². The molecule has 0 aromatic carbocycles. The van der Waals surface area contributed by atoms with E-state index in [1.807, 2.05) is 12.3 Å². The first-order valence-corrected chi connectivity index (χ1v) is 7.57. The van der Waals surface area contributed by atoms with Crippen molar-refractivity contribution >= 4 is 29.0 Å². The monoisotopic (exact) mass is 290 g/mol. The van der Waals surface area contributed by atoms with Gasteiger partial charge in [0.15, 0.2) is 0 Å². The smallest absolute Gasteiger partial charge is 0.230 e. The number of aryl methyl sites for hydroxylation is 1. The van der Waals surface area contributed by atoms with E-state index in [4.69, 9.17) is 4.74 Å². The molecule has 1 amide bonds. The molecule has 1 atom stereocenters. The molecule has 0 bridgehead atoms. The minimum atomic E-state index is -0.648. The van der Waals surface area contributed by atoms with Crippen LogP contribution in [-0.2, 0) is 15.3 Å². The summed E-state index contributed by atoms with van der Waals surface area (Å²) in [5.41, 5.74) is 1.01. The molecule has 0 saturated heterocycles. The predicted octanol–water partition coefficient (Wildman–Crippen LogP) is 0.808. The maximum absolute atomic E-state index is 11.4. The fourth-order valence-corrected chi connectivity index (χ4v) is 2.72. The fourth-order valence-electron chi connectivity index (χ4n) is 1.26. The number of aromatic nitrogens is 1. The van der Waals surface area contributed by atoms with Crippen molar-refractivity contribution in [1.29, 1.82) is 0 Å². The first-order valence-electron chi connectivity index (χ1n) is 5.54. The number of hydrogen-bond donors (Lipinski definition) is 2. The molecule has 1 aromatic rings. The van der Waals surface area contributed by atoms with Crippen LogP contribution in [0.5, 0.6) is 0 Å². The number of ether oxygens (including phenoxy) is 1. The summed E-state index contributed by atoms with van der Waals surface area (Å²) in [5.74, 6) is 1.02. The van der Waals surface area contributed by atoms with E-state index in [0.717, 1.165) is 16.5 Å². The van der Waals surface area contributed by atoms with Gasteiger partial charge < -0.3 is 15.2 Å². The summed E-state index contributed by atoms with van der Waals surface area (Å²) in [6, 6.07) is 0. The molecule has 2 N–H and O–H groups in total. The summed E-state index contributed by atoms with van der Waals surface area (Å²) < 4.78 is 4.76. The average molecular weight is 290 g/mol. The number of aliphatic hydroxyl groups is 1. The van der Waals surface area contributed by atoms with Gasteiger partial charge in [0.1, 0.15) is 0 Å². The minimum absolute atomic E-state index is 0.0814. The molecule has 0 aliphatic carbocycles. The molecule has 1 rings (SSSR count). The normalized spacial score (nSPS) is 12.4. The zero-order valence-corrected chi connectivity index (χ0v) is 12.1. The lowest BCUT2D eigenvalue weighted by Crippen LogP contribution is -2.35. The van der Waals surface area contributed by atoms with E-state index in [9.17, 15) is 9.90 Å². The average Bonchev–Trinajstić information content (AvgIpc) is 2.73. The second-order valence-corrected chi connectivity index (χ2v) is 5.81. The fraction of sp³-hybridized carbons (Fsp3) is 0.636. The van der Waals surface area contributed by atoms with Gasteiger partial charge in [-0.05, 0) is 6.92 Å². The number of hydrogen-bond acceptors (Lipinski definition) is 6. The predicted molar refractivity (Wildman–Crippen MR) is 73.9 cm³/mol. The van der Waals surface area contributed by atoms with Gasteiger partial charge in [-0.2, -0.15) is 0 Å². The number of nitrogens with zero attached hydrogens (tertiary/aromatic N) is 1. The summed E-state index contributed by atoms with van der Waals surface area (Å²) in [4.78, 5) is 15.8. The van der Waals surface area contributed by atoms with Gasteiger partial charge in [-0.15, -0.1) is 23.1 Å². The quantitative estimate of drug-likeness (QED) is 0.741. The third kappa shape index (κ3) is 6.34. The Morgan fingerprint density at radius 1 is 1.72 bits per heavy atom. The number of rotatable bonds is 8. The van der Waals surface area contributed by atoms with Gasteiger partial charge in [0.2, 0.25) is 5.91 Å². The van der Waals surface area contributed by atoms with E-state index in [0.29, 0.717) is 5.75 Å². The Kier molecular flexibility index (Phi) is 7.26. The van der Waals surface area contributed by atoms with Crippen LogP contribution in [0.2, 0.25) is 0 Å². The Labute approximate surface area is 115 Å². The van der Waals surface area contributed by atoms with Crippen LogP contribution >= 0.6 is 23.1 Å². The van der Waals surface area contributed by atoms with Crippen LogP contribution in [0, 0.1) is 6.92 Å². The third-order valence-electron chi connectivity index (χ3n) is 2.04. The highest BCUT2D eigenvalue weighted by Gasteiger charge is 2.07. The van der Waals surface area contributed by atoms with Crippen LogP contribution in [0.25, 0.3) is 0 Å². The molecule has 0 spiro atoms. The Morgan fingerprint density at radius 2 is 2.50 bits per heavy atom. The second-order valence-electron chi connectivity index (χ2n) is 3.76. The van der Waals surface area contributed by atoms with Crippen LogP contribution < -0.4 is 5.32 Å². The molecule has 0 aliphatic rings. The summed E-state index contributed by atoms with van der Waals surface area (Å²) >= 11 is 3.12. The highest BCUT2D eigenvalue weighted by Crippen LogP contribution is 2.14. The first kappa shape index (κ1) is 15.4. The second kappa shape index (κ2) is 8.47. The largest absolute Gasteiger partial charge is 0.389 e. The van der Waals surface area contributed by atoms with Crippen molar-refractivity contribution < 1.29 is 14.6 Å². The Hall–Kier alpha value is -0.630. The maximum atomic E-state index is 11.4. The van der Waals surface area contributed by atoms with Crippen LogP contribution in [0.15, 0.2) is 5.38 Å². The van der Waals surface area contributed by atoms with Crippen molar-refractivity contribution in [3.8, 4) is 0 Å². The highest BCUT2D eigenvalue weighted by molar-refractivity contribution is 7.99. The third-order valence-corrected chi connectivity index (χ3v) is 3.83. The number of carbonyl (C=O) groups excluding carboxylic acids is 1. The number of thiazole rings is 1. The van der Waals surface area contributed by atoms with E-state index in [1.165, 1.54) is 18.9 Å². The van der Waals surface area contributed by atoms with Gasteiger partial charge in [-0.1, -0.05) is 0 Å². The lowest BCUT2D eigenvalue weighted by Gasteiger charge is -2.10. The molecular weight excluding hydrogens is 272 g/mol. The van der Waals surface area contributed by atoms with E-state index in [1.54, 1.807) is 11.3 Å². The van der Waals surface area contributed by atoms with Crippen LogP contribution in [0.4, 0.5) is 0 Å². The summed E-state index contributed by atoms with van der Waals surface area (Å²) in [6.07, 6.45) is -0.648. The van der Waals surface area contributed by atoms with Gasteiger partial charge in [0, 0.05) is 24.8 Å². The van der Waals surface area contributed by atoms with Crippen molar-refractivity contribution in [3.05, 3.63) is 16.1 Å². The number of amides is 1. The van der Waals surface area contributed by atoms with Crippen LogP contribution in [-0.4, -0.2) is 48.1 Å². The topological polar surface area (TPSA) is 71.5 Å². The molecule has 18 heavy (non-hydrogen) atoms. The lowest BCUT2D eigenvalue weighted by atomic mass is 10.4. The molecule has 7 heteroatoms. The molecule has 0 fully saturated rings. The number of carbonyl (C=O) groups is 1. The summed E-state index contributed by atoms with van der Waals surface area (Å²) in [7, 11) is 1.51. The van der Waals surface area contributed by atoms with E-state index < -0.39 is 6.10 Å². The molecule has 1 unspecified atom stereocenters. The SMILES string of the molecule is COCC(O)CNC(=O)CSCc1csc(C)n1. The van der Waals surface area contributed by atoms with Crippen molar-refractivity contribution in [3.63, 3.8) is 0 Å². The van der Waals surface area contributed by atoms with Crippen molar-refractivity contribution in [2.45, 2.75) is 18.8 Å². The minimum Gasteiger partial charge on any atom is -0.389 e. The van der Waals surface area contributed by atoms with Crippen molar-refractivity contribution in [2.24, 2.45) is 0 Å². The van der Waals surface area contributed by atoms with Gasteiger partial charge in [-0.3, -0.25) is 4.79 Å². The molecule has 0 saturated carbocycles. The highest BCUT2D eigenvalue weighted by atomic mass is 32.2. The van der Waals surface area contributed by atoms with Gasteiger partial charge in [-0.25, -0.2) is 4.98 Å². The number of nitrogens with one attached hydrogen (secondary N) is 1. The molecule has 102 valence electrons. The Bertz CT molecular complexity index is 371. The van der Waals surface area contributed by atoms with E-state index in [2.05, 4.69) is 10.3 Å². The molecule has 1 aromatic heterocycles. The van der Waals surface area contributed by atoms with E-state index >= 15 is 0 Å². The molecule has 1 heterocycles. The van der Waals surface area contributed by atoms with Crippen LogP contribution in [0.1, 0.15) is 10.7 Å². The Morgan fingerprint density at radius 3 is 3.11 bits per heavy atom. The van der Waals surface area contributed by atoms with Crippen molar-refractivity contribution in [2.75, 3.05) is 26.0 Å². The zero-order valence-electron chi connectivity index (χ0n) is 10.5. The maximum Gasteiger partial charge on any atom is 0.230 e. The Balaban J connectivity index is 2.10. The van der Waals surface area contributed by atoms with Gasteiger partial charge >= 0.3 is 0 Å². The number of methoxy groups -OCH3 is 1. The molecule has 0 radical (unpaired) electrons. The molecule has 5 nitrogen and oxygen atoms in total. The van der Waals surface area contributed by atoms with Crippen molar-refractivity contribution in [1.82, 2.24) is 10.3 Å². The van der Waals surface area contributed by atoms with Crippen LogP contribution in [0.3, 0.4) is 0 Å². The summed E-state index contributed by atoms with van der Waals surface area (Å²) in [6.45, 7) is 2.41.